The molecule has 0 aromatic heterocycles. The first kappa shape index (κ1) is 10.6. The summed E-state index contributed by atoms with van der Waals surface area (Å²) < 4.78 is 0. The molecule has 1 aromatic carbocycles. The molecule has 0 fully saturated rings. The Morgan fingerprint density at radius 1 is 1.50 bits per heavy atom. The van der Waals surface area contributed by atoms with Crippen molar-refractivity contribution < 1.29 is 0 Å². The Balaban J connectivity index is 2.98. The lowest BCUT2D eigenvalue weighted by molar-refractivity contribution is 0.763. The van der Waals surface area contributed by atoms with Gasteiger partial charge in [-0.2, -0.15) is 5.26 Å². The second-order valence-corrected chi connectivity index (χ2v) is 3.56. The van der Waals surface area contributed by atoms with Gasteiger partial charge in [-0.3, -0.25) is 0 Å². The quantitative estimate of drug-likeness (QED) is 0.791. The van der Waals surface area contributed by atoms with Gasteiger partial charge in [0.2, 0.25) is 0 Å². The van der Waals surface area contributed by atoms with Crippen molar-refractivity contribution in [2.45, 2.75) is 33.2 Å². The van der Waals surface area contributed by atoms with Crippen molar-refractivity contribution in [2.24, 2.45) is 0 Å². The van der Waals surface area contributed by atoms with Gasteiger partial charge in [-0.25, -0.2) is 0 Å². The molecule has 0 heterocycles. The fourth-order valence-corrected chi connectivity index (χ4v) is 1.30. The third-order valence-electron chi connectivity index (χ3n) is 2.40. The van der Waals surface area contributed by atoms with Crippen molar-refractivity contribution in [3.8, 4) is 6.07 Å². The van der Waals surface area contributed by atoms with Gasteiger partial charge in [-0.1, -0.05) is 19.1 Å². The molecular weight excluding hydrogens is 172 g/mol. The molecule has 2 nitrogen and oxygen atoms in total. The summed E-state index contributed by atoms with van der Waals surface area (Å²) >= 11 is 0. The van der Waals surface area contributed by atoms with E-state index >= 15 is 0 Å². The summed E-state index contributed by atoms with van der Waals surface area (Å²) in [5.41, 5.74) is 2.73. The van der Waals surface area contributed by atoms with E-state index < -0.39 is 0 Å². The molecule has 0 aliphatic heterocycles. The minimum absolute atomic E-state index is 0.406. The van der Waals surface area contributed by atoms with Crippen LogP contribution in [0.3, 0.4) is 0 Å². The standard InChI is InChI=1S/C12H16N2/c1-4-10(3)14-12-7-5-6-9(2)11(12)8-13/h5-7,10,14H,4H2,1-3H3. The SMILES string of the molecule is CCC(C)Nc1cccc(C)c1C#N. The molecule has 0 saturated carbocycles. The Bertz CT molecular complexity index is 350. The zero-order valence-corrected chi connectivity index (χ0v) is 8.96. The molecule has 74 valence electrons. The number of nitrogens with one attached hydrogen (secondary N) is 1. The van der Waals surface area contributed by atoms with Gasteiger partial charge in [0.15, 0.2) is 0 Å². The highest BCUT2D eigenvalue weighted by atomic mass is 14.9. The van der Waals surface area contributed by atoms with Crippen LogP contribution in [0, 0.1) is 18.3 Å². The van der Waals surface area contributed by atoms with Gasteiger partial charge >= 0.3 is 0 Å². The molecule has 1 unspecified atom stereocenters. The molecule has 0 bridgehead atoms. The summed E-state index contributed by atoms with van der Waals surface area (Å²) in [6.45, 7) is 6.20. The molecule has 2 heteroatoms. The fraction of sp³-hybridized carbons (Fsp3) is 0.417. The van der Waals surface area contributed by atoms with E-state index in [0.717, 1.165) is 23.2 Å². The first-order valence-corrected chi connectivity index (χ1v) is 4.95. The Morgan fingerprint density at radius 3 is 2.79 bits per heavy atom. The molecule has 1 rings (SSSR count). The van der Waals surface area contributed by atoms with Crippen LogP contribution in [0.1, 0.15) is 31.4 Å². The third kappa shape index (κ3) is 2.26. The van der Waals surface area contributed by atoms with Crippen LogP contribution in [-0.2, 0) is 0 Å². The fourth-order valence-electron chi connectivity index (χ4n) is 1.30. The van der Waals surface area contributed by atoms with Gasteiger partial charge in [0.05, 0.1) is 11.3 Å². The van der Waals surface area contributed by atoms with Crippen molar-refractivity contribution in [3.05, 3.63) is 29.3 Å². The van der Waals surface area contributed by atoms with E-state index in [1.54, 1.807) is 0 Å². The Hall–Kier alpha value is -1.49. The minimum atomic E-state index is 0.406. The van der Waals surface area contributed by atoms with Crippen molar-refractivity contribution in [3.63, 3.8) is 0 Å². The van der Waals surface area contributed by atoms with Crippen molar-refractivity contribution in [2.75, 3.05) is 5.32 Å². The van der Waals surface area contributed by atoms with Gasteiger partial charge in [0.1, 0.15) is 6.07 Å². The number of rotatable bonds is 3. The van der Waals surface area contributed by atoms with Crippen LogP contribution < -0.4 is 5.32 Å². The molecule has 0 radical (unpaired) electrons. The third-order valence-corrected chi connectivity index (χ3v) is 2.40. The largest absolute Gasteiger partial charge is 0.382 e. The molecule has 0 aliphatic rings. The zero-order chi connectivity index (χ0) is 10.6. The molecule has 0 saturated heterocycles. The number of nitriles is 1. The highest BCUT2D eigenvalue weighted by molar-refractivity contribution is 5.60. The van der Waals surface area contributed by atoms with E-state index in [2.05, 4.69) is 25.2 Å². The predicted octanol–water partition coefficient (Wildman–Crippen LogP) is 3.08. The summed E-state index contributed by atoms with van der Waals surface area (Å²) in [5.74, 6) is 0. The predicted molar refractivity (Wildman–Crippen MR) is 59.3 cm³/mol. The second kappa shape index (κ2) is 4.66. The Morgan fingerprint density at radius 2 is 2.21 bits per heavy atom. The van der Waals surface area contributed by atoms with Crippen LogP contribution in [-0.4, -0.2) is 6.04 Å². The van der Waals surface area contributed by atoms with Crippen molar-refractivity contribution in [1.29, 1.82) is 5.26 Å². The van der Waals surface area contributed by atoms with E-state index in [4.69, 9.17) is 5.26 Å². The van der Waals surface area contributed by atoms with Crippen molar-refractivity contribution >= 4 is 5.69 Å². The summed E-state index contributed by atoms with van der Waals surface area (Å²) in [5, 5.41) is 12.3. The van der Waals surface area contributed by atoms with Gasteiger partial charge in [0, 0.05) is 6.04 Å². The summed E-state index contributed by atoms with van der Waals surface area (Å²) in [6, 6.07) is 8.53. The first-order valence-electron chi connectivity index (χ1n) is 4.95. The zero-order valence-electron chi connectivity index (χ0n) is 8.96. The minimum Gasteiger partial charge on any atom is -0.382 e. The monoisotopic (exact) mass is 188 g/mol. The molecule has 1 aromatic rings. The Kier molecular flexibility index (Phi) is 3.53. The average molecular weight is 188 g/mol. The van der Waals surface area contributed by atoms with Crippen LogP contribution in [0.4, 0.5) is 5.69 Å². The van der Waals surface area contributed by atoms with Crippen LogP contribution >= 0.6 is 0 Å². The molecule has 14 heavy (non-hydrogen) atoms. The smallest absolute Gasteiger partial charge is 0.102 e. The number of aryl methyl sites for hydroxylation is 1. The van der Waals surface area contributed by atoms with E-state index in [0.29, 0.717) is 6.04 Å². The van der Waals surface area contributed by atoms with Gasteiger partial charge in [-0.15, -0.1) is 0 Å². The van der Waals surface area contributed by atoms with Crippen LogP contribution in [0.5, 0.6) is 0 Å². The maximum Gasteiger partial charge on any atom is 0.102 e. The van der Waals surface area contributed by atoms with E-state index in [1.807, 2.05) is 25.1 Å². The molecule has 0 spiro atoms. The number of anilines is 1. The molecular formula is C12H16N2. The van der Waals surface area contributed by atoms with E-state index in [-0.39, 0.29) is 0 Å². The van der Waals surface area contributed by atoms with Gasteiger partial charge in [-0.05, 0) is 31.9 Å². The van der Waals surface area contributed by atoms with E-state index in [1.165, 1.54) is 0 Å². The van der Waals surface area contributed by atoms with Crippen molar-refractivity contribution in [1.82, 2.24) is 0 Å². The number of hydrogen-bond acceptors (Lipinski definition) is 2. The van der Waals surface area contributed by atoms with Gasteiger partial charge < -0.3 is 5.32 Å². The number of nitrogens with zero attached hydrogens (tertiary/aromatic N) is 1. The van der Waals surface area contributed by atoms with Crippen LogP contribution in [0.25, 0.3) is 0 Å². The van der Waals surface area contributed by atoms with Gasteiger partial charge in [0.25, 0.3) is 0 Å². The summed E-state index contributed by atoms with van der Waals surface area (Å²) in [7, 11) is 0. The first-order chi connectivity index (χ1) is 6.69. The normalized spacial score (nSPS) is 11.9. The van der Waals surface area contributed by atoms with Crippen LogP contribution in [0.2, 0.25) is 0 Å². The molecule has 0 amide bonds. The van der Waals surface area contributed by atoms with E-state index in [9.17, 15) is 0 Å². The van der Waals surface area contributed by atoms with Crippen LogP contribution in [0.15, 0.2) is 18.2 Å². The topological polar surface area (TPSA) is 35.8 Å². The number of hydrogen-bond donors (Lipinski definition) is 1. The highest BCUT2D eigenvalue weighted by Gasteiger charge is 2.06. The lowest BCUT2D eigenvalue weighted by Gasteiger charge is -2.14. The highest BCUT2D eigenvalue weighted by Crippen LogP contribution is 2.19. The summed E-state index contributed by atoms with van der Waals surface area (Å²) in [4.78, 5) is 0. The maximum atomic E-state index is 8.99. The molecule has 0 aliphatic carbocycles. The molecule has 1 atom stereocenters. The lowest BCUT2D eigenvalue weighted by Crippen LogP contribution is -2.14. The maximum absolute atomic E-state index is 8.99. The molecule has 1 N–H and O–H groups in total. The second-order valence-electron chi connectivity index (χ2n) is 3.56. The summed E-state index contributed by atoms with van der Waals surface area (Å²) in [6.07, 6.45) is 1.05. The average Bonchev–Trinajstić information content (AvgIpc) is 2.18. The number of benzene rings is 1. The Labute approximate surface area is 85.6 Å². The lowest BCUT2D eigenvalue weighted by atomic mass is 10.1.